The van der Waals surface area contributed by atoms with Gasteiger partial charge in [-0.3, -0.25) is 4.79 Å². The summed E-state index contributed by atoms with van der Waals surface area (Å²) >= 11 is 3.44. The SMILES string of the molecule is O=C(O)CCCN(Cc1ccc(Br)cc1)c1ccccc1. The fourth-order valence-corrected chi connectivity index (χ4v) is 2.43. The molecule has 2 rings (SSSR count). The molecule has 0 saturated heterocycles. The van der Waals surface area contributed by atoms with E-state index in [-0.39, 0.29) is 6.42 Å². The second kappa shape index (κ2) is 7.84. The summed E-state index contributed by atoms with van der Waals surface area (Å²) in [6.45, 7) is 1.50. The second-order valence-corrected chi connectivity index (χ2v) is 5.80. The van der Waals surface area contributed by atoms with E-state index in [0.29, 0.717) is 6.42 Å². The summed E-state index contributed by atoms with van der Waals surface area (Å²) in [5.74, 6) is -0.744. The number of nitrogens with zero attached hydrogens (tertiary/aromatic N) is 1. The van der Waals surface area contributed by atoms with Gasteiger partial charge in [0, 0.05) is 29.7 Å². The number of carboxylic acid groups (broad SMARTS) is 1. The molecule has 0 heterocycles. The Labute approximate surface area is 133 Å². The summed E-state index contributed by atoms with van der Waals surface area (Å²) in [5, 5.41) is 8.79. The normalized spacial score (nSPS) is 10.3. The topological polar surface area (TPSA) is 40.5 Å². The van der Waals surface area contributed by atoms with Gasteiger partial charge in [0.25, 0.3) is 0 Å². The van der Waals surface area contributed by atoms with Gasteiger partial charge in [0.1, 0.15) is 0 Å². The predicted octanol–water partition coefficient (Wildman–Crippen LogP) is 4.32. The van der Waals surface area contributed by atoms with Gasteiger partial charge in [0.15, 0.2) is 0 Å². The Bertz CT molecular complexity index is 569. The van der Waals surface area contributed by atoms with Crippen LogP contribution in [0.1, 0.15) is 18.4 Å². The van der Waals surface area contributed by atoms with Gasteiger partial charge in [-0.15, -0.1) is 0 Å². The minimum absolute atomic E-state index is 0.198. The van der Waals surface area contributed by atoms with Crippen molar-refractivity contribution in [3.05, 3.63) is 64.6 Å². The summed E-state index contributed by atoms with van der Waals surface area (Å²) in [7, 11) is 0. The molecule has 2 aromatic carbocycles. The van der Waals surface area contributed by atoms with Crippen LogP contribution >= 0.6 is 15.9 Å². The average Bonchev–Trinajstić information content (AvgIpc) is 2.49. The maximum Gasteiger partial charge on any atom is 0.303 e. The fourth-order valence-electron chi connectivity index (χ4n) is 2.17. The highest BCUT2D eigenvalue weighted by Crippen LogP contribution is 2.19. The fraction of sp³-hybridized carbons (Fsp3) is 0.235. The Balaban J connectivity index is 2.07. The minimum atomic E-state index is -0.744. The van der Waals surface area contributed by atoms with E-state index in [9.17, 15) is 4.79 Å². The van der Waals surface area contributed by atoms with Crippen molar-refractivity contribution >= 4 is 27.6 Å². The number of carbonyl (C=O) groups is 1. The first-order valence-corrected chi connectivity index (χ1v) is 7.70. The van der Waals surface area contributed by atoms with Gasteiger partial charge in [-0.25, -0.2) is 0 Å². The molecule has 0 atom stereocenters. The van der Waals surface area contributed by atoms with Crippen molar-refractivity contribution < 1.29 is 9.90 Å². The highest BCUT2D eigenvalue weighted by molar-refractivity contribution is 9.10. The van der Waals surface area contributed by atoms with E-state index < -0.39 is 5.97 Å². The lowest BCUT2D eigenvalue weighted by Gasteiger charge is -2.25. The first-order chi connectivity index (χ1) is 10.1. The number of para-hydroxylation sites is 1. The third-order valence-corrected chi connectivity index (χ3v) is 3.76. The monoisotopic (exact) mass is 347 g/mol. The highest BCUT2D eigenvalue weighted by atomic mass is 79.9. The van der Waals surface area contributed by atoms with Crippen molar-refractivity contribution in [3.63, 3.8) is 0 Å². The van der Waals surface area contributed by atoms with Crippen LogP contribution in [0.25, 0.3) is 0 Å². The Morgan fingerprint density at radius 1 is 1.05 bits per heavy atom. The number of anilines is 1. The van der Waals surface area contributed by atoms with Gasteiger partial charge < -0.3 is 10.0 Å². The van der Waals surface area contributed by atoms with E-state index in [1.807, 2.05) is 30.3 Å². The molecule has 110 valence electrons. The summed E-state index contributed by atoms with van der Waals surface area (Å²) in [6, 6.07) is 18.3. The molecule has 2 aromatic rings. The van der Waals surface area contributed by atoms with Crippen LogP contribution in [0, 0.1) is 0 Å². The number of aliphatic carboxylic acids is 1. The number of rotatable bonds is 7. The minimum Gasteiger partial charge on any atom is -0.481 e. The Hall–Kier alpha value is -1.81. The molecule has 0 aliphatic heterocycles. The summed E-state index contributed by atoms with van der Waals surface area (Å²) in [6.07, 6.45) is 0.838. The van der Waals surface area contributed by atoms with E-state index in [1.165, 1.54) is 5.56 Å². The molecule has 0 aromatic heterocycles. The largest absolute Gasteiger partial charge is 0.481 e. The first-order valence-electron chi connectivity index (χ1n) is 6.91. The summed E-state index contributed by atoms with van der Waals surface area (Å²) in [5.41, 5.74) is 2.32. The van der Waals surface area contributed by atoms with Crippen molar-refractivity contribution in [1.29, 1.82) is 0 Å². The zero-order valence-electron chi connectivity index (χ0n) is 11.7. The smallest absolute Gasteiger partial charge is 0.303 e. The summed E-state index contributed by atoms with van der Waals surface area (Å²) in [4.78, 5) is 12.9. The van der Waals surface area contributed by atoms with Crippen LogP contribution in [0.2, 0.25) is 0 Å². The van der Waals surface area contributed by atoms with Crippen molar-refractivity contribution in [2.75, 3.05) is 11.4 Å². The Kier molecular flexibility index (Phi) is 5.81. The molecule has 0 saturated carbocycles. The van der Waals surface area contributed by atoms with Crippen molar-refractivity contribution in [2.24, 2.45) is 0 Å². The first kappa shape index (κ1) is 15.6. The van der Waals surface area contributed by atoms with Crippen LogP contribution in [-0.4, -0.2) is 17.6 Å². The molecule has 0 radical (unpaired) electrons. The number of benzene rings is 2. The van der Waals surface area contributed by atoms with Gasteiger partial charge in [-0.1, -0.05) is 46.3 Å². The van der Waals surface area contributed by atoms with Crippen LogP contribution in [0.15, 0.2) is 59.1 Å². The zero-order valence-corrected chi connectivity index (χ0v) is 13.3. The third kappa shape index (κ3) is 5.23. The number of hydrogen-bond acceptors (Lipinski definition) is 2. The Morgan fingerprint density at radius 3 is 2.33 bits per heavy atom. The van der Waals surface area contributed by atoms with Gasteiger partial charge in [-0.2, -0.15) is 0 Å². The van der Waals surface area contributed by atoms with E-state index in [1.54, 1.807) is 0 Å². The molecule has 21 heavy (non-hydrogen) atoms. The molecule has 0 aliphatic carbocycles. The average molecular weight is 348 g/mol. The summed E-state index contributed by atoms with van der Waals surface area (Å²) < 4.78 is 1.06. The highest BCUT2D eigenvalue weighted by Gasteiger charge is 2.08. The quantitative estimate of drug-likeness (QED) is 0.810. The van der Waals surface area contributed by atoms with Crippen molar-refractivity contribution in [2.45, 2.75) is 19.4 Å². The van der Waals surface area contributed by atoms with Crippen LogP contribution in [-0.2, 0) is 11.3 Å². The number of halogens is 1. The molecular weight excluding hydrogens is 330 g/mol. The molecule has 0 fully saturated rings. The lowest BCUT2D eigenvalue weighted by Crippen LogP contribution is -2.24. The van der Waals surface area contributed by atoms with Gasteiger partial charge in [0.2, 0.25) is 0 Å². The van der Waals surface area contributed by atoms with Crippen LogP contribution < -0.4 is 4.90 Å². The molecule has 0 bridgehead atoms. The standard InChI is InChI=1S/C17H18BrNO2/c18-15-10-8-14(9-11-15)13-19(12-4-7-17(20)21)16-5-2-1-3-6-16/h1-3,5-6,8-11H,4,7,12-13H2,(H,20,21). The van der Waals surface area contributed by atoms with Gasteiger partial charge in [-0.05, 0) is 36.2 Å². The molecule has 4 heteroatoms. The van der Waals surface area contributed by atoms with Crippen LogP contribution in [0.5, 0.6) is 0 Å². The predicted molar refractivity (Wildman–Crippen MR) is 88.5 cm³/mol. The van der Waals surface area contributed by atoms with E-state index in [0.717, 1.165) is 23.2 Å². The van der Waals surface area contributed by atoms with Gasteiger partial charge in [0.05, 0.1) is 0 Å². The van der Waals surface area contributed by atoms with Crippen molar-refractivity contribution in [1.82, 2.24) is 0 Å². The lowest BCUT2D eigenvalue weighted by molar-refractivity contribution is -0.137. The lowest BCUT2D eigenvalue weighted by atomic mass is 10.1. The molecule has 0 amide bonds. The maximum atomic E-state index is 10.7. The van der Waals surface area contributed by atoms with E-state index in [2.05, 4.69) is 45.1 Å². The molecular formula is C17H18BrNO2. The van der Waals surface area contributed by atoms with E-state index in [4.69, 9.17) is 5.11 Å². The maximum absolute atomic E-state index is 10.7. The second-order valence-electron chi connectivity index (χ2n) is 4.88. The zero-order chi connectivity index (χ0) is 15.1. The molecule has 0 unspecified atom stereocenters. The molecule has 3 nitrogen and oxygen atoms in total. The molecule has 0 aliphatic rings. The molecule has 0 spiro atoms. The van der Waals surface area contributed by atoms with E-state index >= 15 is 0 Å². The Morgan fingerprint density at radius 2 is 1.71 bits per heavy atom. The van der Waals surface area contributed by atoms with Gasteiger partial charge >= 0.3 is 5.97 Å². The van der Waals surface area contributed by atoms with Crippen LogP contribution in [0.4, 0.5) is 5.69 Å². The third-order valence-electron chi connectivity index (χ3n) is 3.23. The molecule has 1 N–H and O–H groups in total. The number of carboxylic acids is 1. The van der Waals surface area contributed by atoms with Crippen molar-refractivity contribution in [3.8, 4) is 0 Å². The van der Waals surface area contributed by atoms with Crippen LogP contribution in [0.3, 0.4) is 0 Å². The number of hydrogen-bond donors (Lipinski definition) is 1.